The van der Waals surface area contributed by atoms with Crippen molar-refractivity contribution in [3.63, 3.8) is 0 Å². The smallest absolute Gasteiger partial charge is 0.250 e. The molecule has 4 nitrogen and oxygen atoms in total. The number of carbonyl (C=O) groups excluding carboxylic acids is 1. The lowest BCUT2D eigenvalue weighted by atomic mass is 9.91. The lowest BCUT2D eigenvalue weighted by molar-refractivity contribution is -0.125. The number of Topliss-reactive ketones (excluding diaryl/α,β-unsaturated/α-hetero) is 1. The van der Waals surface area contributed by atoms with Gasteiger partial charge in [0.15, 0.2) is 5.78 Å². The van der Waals surface area contributed by atoms with Crippen LogP contribution in [0.4, 0.5) is 0 Å². The Morgan fingerprint density at radius 2 is 1.94 bits per heavy atom. The summed E-state index contributed by atoms with van der Waals surface area (Å²) in [4.78, 5) is 12.7. The summed E-state index contributed by atoms with van der Waals surface area (Å²) in [5.41, 5.74) is -0.535. The minimum Gasteiger partial charge on any atom is -0.298 e. The van der Waals surface area contributed by atoms with E-state index in [1.807, 2.05) is 6.92 Å². The van der Waals surface area contributed by atoms with E-state index in [9.17, 15) is 13.2 Å². The summed E-state index contributed by atoms with van der Waals surface area (Å²) >= 11 is 1.24. The zero-order valence-electron chi connectivity index (χ0n) is 11.1. The number of hydrogen-bond donors (Lipinski definition) is 1. The first-order valence-corrected chi connectivity index (χ1v) is 8.08. The van der Waals surface area contributed by atoms with Gasteiger partial charge in [0.05, 0.1) is 6.54 Å². The second-order valence-electron chi connectivity index (χ2n) is 5.07. The average molecular weight is 289 g/mol. The summed E-state index contributed by atoms with van der Waals surface area (Å²) < 4.78 is 26.5. The van der Waals surface area contributed by atoms with Gasteiger partial charge in [-0.3, -0.25) is 4.79 Å². The Kier molecular flexibility index (Phi) is 4.69. The second kappa shape index (κ2) is 5.50. The Morgan fingerprint density at radius 3 is 2.39 bits per heavy atom. The van der Waals surface area contributed by atoms with Gasteiger partial charge in [-0.05, 0) is 18.6 Å². The van der Waals surface area contributed by atoms with Gasteiger partial charge in [-0.15, -0.1) is 11.3 Å². The molecule has 102 valence electrons. The number of hydrogen-bond acceptors (Lipinski definition) is 4. The van der Waals surface area contributed by atoms with Crippen LogP contribution in [0, 0.1) is 5.41 Å². The molecule has 0 amide bonds. The first-order chi connectivity index (χ1) is 8.16. The number of rotatable bonds is 5. The van der Waals surface area contributed by atoms with E-state index in [4.69, 9.17) is 0 Å². The van der Waals surface area contributed by atoms with Crippen LogP contribution in [0.5, 0.6) is 0 Å². The fraction of sp³-hybridized carbons (Fsp3) is 0.583. The second-order valence-corrected chi connectivity index (χ2v) is 8.23. The number of nitrogens with one attached hydrogen (secondary N) is 1. The normalized spacial score (nSPS) is 12.7. The first kappa shape index (κ1) is 15.3. The standard InChI is InChI=1S/C12H19NO3S2/c1-5-9-6-7-11(17-9)18(15,16)13-8-10(14)12(2,3)4/h6-7,13H,5,8H2,1-4H3. The van der Waals surface area contributed by atoms with Gasteiger partial charge in [-0.2, -0.15) is 0 Å². The van der Waals surface area contributed by atoms with Crippen LogP contribution >= 0.6 is 11.3 Å². The molecular weight excluding hydrogens is 270 g/mol. The van der Waals surface area contributed by atoms with Crippen LogP contribution in [0.15, 0.2) is 16.3 Å². The third-order valence-corrected chi connectivity index (χ3v) is 5.63. The monoisotopic (exact) mass is 289 g/mol. The zero-order valence-corrected chi connectivity index (χ0v) is 12.7. The molecule has 1 rings (SSSR count). The van der Waals surface area contributed by atoms with Gasteiger partial charge in [0.25, 0.3) is 0 Å². The quantitative estimate of drug-likeness (QED) is 0.904. The molecule has 6 heteroatoms. The molecule has 0 aliphatic heterocycles. The molecule has 0 atom stereocenters. The van der Waals surface area contributed by atoms with Crippen molar-refractivity contribution in [2.45, 2.75) is 38.3 Å². The summed E-state index contributed by atoms with van der Waals surface area (Å²) in [5.74, 6) is -0.127. The lowest BCUT2D eigenvalue weighted by Crippen LogP contribution is -2.35. The van der Waals surface area contributed by atoms with Gasteiger partial charge in [0, 0.05) is 10.3 Å². The third-order valence-electron chi connectivity index (χ3n) is 2.51. The molecule has 0 unspecified atom stereocenters. The molecule has 18 heavy (non-hydrogen) atoms. The predicted octanol–water partition coefficient (Wildman–Crippen LogP) is 2.20. The lowest BCUT2D eigenvalue weighted by Gasteiger charge is -2.16. The first-order valence-electron chi connectivity index (χ1n) is 5.78. The van der Waals surface area contributed by atoms with Gasteiger partial charge in [-0.25, -0.2) is 13.1 Å². The van der Waals surface area contributed by atoms with Crippen molar-refractivity contribution in [1.29, 1.82) is 0 Å². The van der Waals surface area contributed by atoms with E-state index >= 15 is 0 Å². The zero-order chi connectivity index (χ0) is 14.0. The van der Waals surface area contributed by atoms with Crippen LogP contribution in [0.1, 0.15) is 32.6 Å². The molecule has 1 aromatic rings. The Morgan fingerprint density at radius 1 is 1.33 bits per heavy atom. The summed E-state index contributed by atoms with van der Waals surface area (Å²) in [6.07, 6.45) is 0.807. The van der Waals surface area contributed by atoms with Gasteiger partial charge in [-0.1, -0.05) is 27.7 Å². The molecule has 0 aliphatic carbocycles. The van der Waals surface area contributed by atoms with Crippen LogP contribution in [0.2, 0.25) is 0 Å². The summed E-state index contributed by atoms with van der Waals surface area (Å²) in [6, 6.07) is 3.37. The van der Waals surface area contributed by atoms with E-state index in [2.05, 4.69) is 4.72 Å². The molecule has 0 aliphatic rings. The topological polar surface area (TPSA) is 63.2 Å². The molecule has 0 saturated heterocycles. The largest absolute Gasteiger partial charge is 0.298 e. The van der Waals surface area contributed by atoms with Crippen LogP contribution in [0.3, 0.4) is 0 Å². The fourth-order valence-corrected chi connectivity index (χ4v) is 3.51. The Hall–Kier alpha value is -0.720. The maximum Gasteiger partial charge on any atom is 0.250 e. The van der Waals surface area contributed by atoms with Crippen LogP contribution in [-0.4, -0.2) is 20.7 Å². The Labute approximate surface area is 112 Å². The molecule has 1 N–H and O–H groups in total. The highest BCUT2D eigenvalue weighted by molar-refractivity contribution is 7.91. The van der Waals surface area contributed by atoms with Crippen LogP contribution in [-0.2, 0) is 21.2 Å². The number of ketones is 1. The molecule has 0 fully saturated rings. The minimum atomic E-state index is -3.56. The molecule has 0 spiro atoms. The highest BCUT2D eigenvalue weighted by atomic mass is 32.2. The van der Waals surface area contributed by atoms with Gasteiger partial charge < -0.3 is 0 Å². The van der Waals surface area contributed by atoms with Gasteiger partial charge in [0.1, 0.15) is 4.21 Å². The van der Waals surface area contributed by atoms with E-state index < -0.39 is 15.4 Å². The maximum absolute atomic E-state index is 11.9. The number of aryl methyl sites for hydroxylation is 1. The summed E-state index contributed by atoms with van der Waals surface area (Å²) in [7, 11) is -3.56. The molecule has 0 aromatic carbocycles. The van der Waals surface area contributed by atoms with Gasteiger partial charge >= 0.3 is 0 Å². The highest BCUT2D eigenvalue weighted by Crippen LogP contribution is 2.22. The molecule has 0 bridgehead atoms. The molecule has 0 saturated carbocycles. The Bertz CT molecular complexity index is 524. The number of sulfonamides is 1. The third kappa shape index (κ3) is 3.90. The average Bonchev–Trinajstić information content (AvgIpc) is 2.73. The van der Waals surface area contributed by atoms with Crippen molar-refractivity contribution in [3.8, 4) is 0 Å². The van der Waals surface area contributed by atoms with E-state index in [0.717, 1.165) is 11.3 Å². The van der Waals surface area contributed by atoms with Crippen molar-refractivity contribution in [2.24, 2.45) is 5.41 Å². The fourth-order valence-electron chi connectivity index (χ4n) is 1.19. The number of thiophene rings is 1. The molecule has 1 heterocycles. The minimum absolute atomic E-state index is 0.127. The highest BCUT2D eigenvalue weighted by Gasteiger charge is 2.24. The van der Waals surface area contributed by atoms with Crippen LogP contribution in [0.25, 0.3) is 0 Å². The van der Waals surface area contributed by atoms with Gasteiger partial charge in [0.2, 0.25) is 10.0 Å². The molecular formula is C12H19NO3S2. The van der Waals surface area contributed by atoms with E-state index in [1.54, 1.807) is 32.9 Å². The van der Waals surface area contributed by atoms with Crippen molar-refractivity contribution < 1.29 is 13.2 Å². The SMILES string of the molecule is CCc1ccc(S(=O)(=O)NCC(=O)C(C)(C)C)s1. The summed E-state index contributed by atoms with van der Waals surface area (Å²) in [5, 5.41) is 0. The summed E-state index contributed by atoms with van der Waals surface area (Å²) in [6.45, 7) is 7.11. The molecule has 0 radical (unpaired) electrons. The number of carbonyl (C=O) groups is 1. The van der Waals surface area contributed by atoms with E-state index in [0.29, 0.717) is 0 Å². The Balaban J connectivity index is 2.75. The van der Waals surface area contributed by atoms with Crippen molar-refractivity contribution in [3.05, 3.63) is 17.0 Å². The molecule has 1 aromatic heterocycles. The van der Waals surface area contributed by atoms with Crippen molar-refractivity contribution in [1.82, 2.24) is 4.72 Å². The van der Waals surface area contributed by atoms with Crippen LogP contribution < -0.4 is 4.72 Å². The van der Waals surface area contributed by atoms with Crippen molar-refractivity contribution >= 4 is 27.1 Å². The van der Waals surface area contributed by atoms with Crippen molar-refractivity contribution in [2.75, 3.05) is 6.54 Å². The van der Waals surface area contributed by atoms with E-state index in [1.165, 1.54) is 11.3 Å². The predicted molar refractivity (Wildman–Crippen MR) is 73.3 cm³/mol. The maximum atomic E-state index is 11.9. The van der Waals surface area contributed by atoms with E-state index in [-0.39, 0.29) is 16.5 Å².